The Morgan fingerprint density at radius 3 is 2.45 bits per heavy atom. The Kier molecular flexibility index (Phi) is 4.16. The molecular weight excluding hydrogens is 333 g/mol. The lowest BCUT2D eigenvalue weighted by Crippen LogP contribution is -2.28. The zero-order valence-corrected chi connectivity index (χ0v) is 11.7. The van der Waals surface area contributed by atoms with Crippen molar-refractivity contribution in [1.82, 2.24) is 0 Å². The fourth-order valence-electron chi connectivity index (χ4n) is 2.38. The molecule has 1 unspecified atom stereocenters. The molecule has 1 aromatic rings. The van der Waals surface area contributed by atoms with Gasteiger partial charge in [-0.1, -0.05) is 0 Å². The highest BCUT2D eigenvalue weighted by Gasteiger charge is 2.40. The fourth-order valence-corrected chi connectivity index (χ4v) is 3.16. The van der Waals surface area contributed by atoms with Crippen LogP contribution in [0.15, 0.2) is 18.2 Å². The number of carbonyl (C=O) groups excluding carboxylic acids is 1. The summed E-state index contributed by atoms with van der Waals surface area (Å²) in [6, 6.07) is 1.81. The Morgan fingerprint density at radius 2 is 1.91 bits per heavy atom. The summed E-state index contributed by atoms with van der Waals surface area (Å²) in [6.45, 7) is -0.378. The molecule has 1 amide bonds. The third-order valence-corrected chi connectivity index (χ3v) is 4.06. The van der Waals surface area contributed by atoms with Gasteiger partial charge in [0.25, 0.3) is 0 Å². The van der Waals surface area contributed by atoms with Gasteiger partial charge in [-0.3, -0.25) is 4.79 Å². The molecule has 1 aliphatic rings. The molecule has 0 radical (unpaired) electrons. The van der Waals surface area contributed by atoms with E-state index in [-0.39, 0.29) is 12.6 Å². The number of alkyl halides is 3. The average molecular weight is 343 g/mol. The number of nitrogens with zero attached hydrogens (tertiary/aromatic N) is 1. The van der Waals surface area contributed by atoms with Crippen LogP contribution in [0.25, 0.3) is 0 Å². The van der Waals surface area contributed by atoms with Crippen LogP contribution >= 0.6 is 0 Å². The van der Waals surface area contributed by atoms with Crippen molar-refractivity contribution in [2.24, 2.45) is 5.92 Å². The van der Waals surface area contributed by atoms with E-state index < -0.39 is 57.5 Å². The van der Waals surface area contributed by atoms with Gasteiger partial charge >= 0.3 is 16.4 Å². The quantitative estimate of drug-likeness (QED) is 0.626. The van der Waals surface area contributed by atoms with Crippen molar-refractivity contribution in [2.45, 2.75) is 12.6 Å². The summed E-state index contributed by atoms with van der Waals surface area (Å²) in [4.78, 5) is 12.5. The van der Waals surface area contributed by atoms with Gasteiger partial charge in [-0.05, 0) is 18.2 Å². The zero-order chi connectivity index (χ0) is 16.7. The molecule has 0 N–H and O–H groups in total. The van der Waals surface area contributed by atoms with E-state index in [1.54, 1.807) is 0 Å². The summed E-state index contributed by atoms with van der Waals surface area (Å²) in [6.07, 6.45) is -5.28. The van der Waals surface area contributed by atoms with Gasteiger partial charge in [-0.15, -0.1) is 3.89 Å². The first-order valence-corrected chi connectivity index (χ1v) is 7.62. The van der Waals surface area contributed by atoms with Gasteiger partial charge in [0.1, 0.15) is 5.82 Å². The molecule has 0 aliphatic carbocycles. The number of hydrogen-bond donors (Lipinski definition) is 0. The summed E-state index contributed by atoms with van der Waals surface area (Å²) in [5, 5.41) is 0. The number of amides is 1. The van der Waals surface area contributed by atoms with Gasteiger partial charge in [-0.25, -0.2) is 4.39 Å². The van der Waals surface area contributed by atoms with Crippen LogP contribution in [0.2, 0.25) is 0 Å². The lowest BCUT2D eigenvalue weighted by Gasteiger charge is -2.21. The van der Waals surface area contributed by atoms with Crippen LogP contribution in [0.3, 0.4) is 0 Å². The zero-order valence-electron chi connectivity index (χ0n) is 10.9. The van der Waals surface area contributed by atoms with Gasteiger partial charge < -0.3 is 4.90 Å². The molecule has 4 nitrogen and oxygen atoms in total. The minimum atomic E-state index is -4.89. The second-order valence-corrected chi connectivity index (χ2v) is 6.35. The minimum absolute atomic E-state index is 0.252. The number of hydrogen-bond acceptors (Lipinski definition) is 3. The normalized spacial score (nSPS) is 19.8. The molecule has 122 valence electrons. The molecule has 1 fully saturated rings. The molecule has 1 saturated heterocycles. The summed E-state index contributed by atoms with van der Waals surface area (Å²) in [5.74, 6) is -3.79. The molecular formula is C12H10F5NO3S. The molecule has 1 heterocycles. The van der Waals surface area contributed by atoms with Gasteiger partial charge in [0.2, 0.25) is 5.91 Å². The van der Waals surface area contributed by atoms with Crippen molar-refractivity contribution in [3.05, 3.63) is 29.6 Å². The van der Waals surface area contributed by atoms with E-state index in [4.69, 9.17) is 0 Å². The molecule has 1 aromatic carbocycles. The number of anilines is 1. The molecule has 0 bridgehead atoms. The summed E-state index contributed by atoms with van der Waals surface area (Å²) < 4.78 is 85.6. The van der Waals surface area contributed by atoms with Crippen molar-refractivity contribution in [2.75, 3.05) is 17.2 Å². The van der Waals surface area contributed by atoms with Crippen LogP contribution in [0.1, 0.15) is 12.0 Å². The van der Waals surface area contributed by atoms with Gasteiger partial charge in [0, 0.05) is 18.9 Å². The topological polar surface area (TPSA) is 54.5 Å². The Balaban J connectivity index is 2.35. The third kappa shape index (κ3) is 3.73. The van der Waals surface area contributed by atoms with E-state index in [1.807, 2.05) is 0 Å². The van der Waals surface area contributed by atoms with E-state index in [0.29, 0.717) is 4.90 Å². The Bertz CT molecular complexity index is 701. The van der Waals surface area contributed by atoms with Crippen LogP contribution in [-0.4, -0.2) is 26.6 Å². The smallest absolute Gasteiger partial charge is 0.311 e. The van der Waals surface area contributed by atoms with Crippen molar-refractivity contribution >= 4 is 21.8 Å². The number of carbonyl (C=O) groups is 1. The maximum Gasteiger partial charge on any atom is 0.418 e. The Hall–Kier alpha value is -1.71. The maximum absolute atomic E-state index is 13.0. The first-order chi connectivity index (χ1) is 9.97. The predicted molar refractivity (Wildman–Crippen MR) is 66.8 cm³/mol. The van der Waals surface area contributed by atoms with Crippen molar-refractivity contribution in [3.8, 4) is 0 Å². The number of benzene rings is 1. The number of rotatable bonds is 3. The van der Waals surface area contributed by atoms with Crippen LogP contribution in [0.5, 0.6) is 0 Å². The van der Waals surface area contributed by atoms with Crippen LogP contribution in [0.4, 0.5) is 27.1 Å². The van der Waals surface area contributed by atoms with Crippen molar-refractivity contribution in [1.29, 1.82) is 0 Å². The van der Waals surface area contributed by atoms with Crippen molar-refractivity contribution < 1.29 is 34.7 Å². The minimum Gasteiger partial charge on any atom is -0.311 e. The monoisotopic (exact) mass is 343 g/mol. The third-order valence-electron chi connectivity index (χ3n) is 3.19. The van der Waals surface area contributed by atoms with Gasteiger partial charge in [0.15, 0.2) is 0 Å². The highest BCUT2D eigenvalue weighted by atomic mass is 32.3. The molecule has 22 heavy (non-hydrogen) atoms. The van der Waals surface area contributed by atoms with E-state index in [9.17, 15) is 34.7 Å². The molecule has 2 rings (SSSR count). The van der Waals surface area contributed by atoms with E-state index in [2.05, 4.69) is 0 Å². The predicted octanol–water partition coefficient (Wildman–Crippen LogP) is 2.50. The molecule has 1 aliphatic heterocycles. The summed E-state index contributed by atoms with van der Waals surface area (Å²) in [7, 11) is -4.84. The molecule has 0 aromatic heterocycles. The highest BCUT2D eigenvalue weighted by Crippen LogP contribution is 2.39. The first kappa shape index (κ1) is 16.7. The summed E-state index contributed by atoms with van der Waals surface area (Å²) >= 11 is 0. The van der Waals surface area contributed by atoms with Crippen molar-refractivity contribution in [3.63, 3.8) is 0 Å². The molecule has 0 spiro atoms. The van der Waals surface area contributed by atoms with E-state index >= 15 is 0 Å². The van der Waals surface area contributed by atoms with E-state index in [1.165, 1.54) is 0 Å². The summed E-state index contributed by atoms with van der Waals surface area (Å²) in [5.41, 5.74) is -1.91. The largest absolute Gasteiger partial charge is 0.418 e. The SMILES string of the molecule is O=C1CC(CS(=O)(=O)F)CN1c1ccc(F)cc1C(F)(F)F. The molecule has 1 atom stereocenters. The molecule has 0 saturated carbocycles. The maximum atomic E-state index is 13.0. The van der Waals surface area contributed by atoms with Gasteiger partial charge in [0.05, 0.1) is 17.0 Å². The number of halogens is 5. The standard InChI is InChI=1S/C12H10F5NO3S/c13-8-1-2-10(9(4-8)12(14,15)16)18-5-7(3-11(18)19)6-22(17,20)21/h1-2,4,7H,3,5-6H2. The fraction of sp³-hybridized carbons (Fsp3) is 0.417. The second-order valence-electron chi connectivity index (χ2n) is 4.94. The average Bonchev–Trinajstić information content (AvgIpc) is 2.66. The highest BCUT2D eigenvalue weighted by molar-refractivity contribution is 7.86. The van der Waals surface area contributed by atoms with E-state index in [0.717, 1.165) is 12.1 Å². The lowest BCUT2D eigenvalue weighted by atomic mass is 10.1. The second kappa shape index (κ2) is 5.49. The van der Waals surface area contributed by atoms with Crippen LogP contribution in [-0.2, 0) is 21.2 Å². The van der Waals surface area contributed by atoms with Crippen LogP contribution < -0.4 is 4.90 Å². The Morgan fingerprint density at radius 1 is 1.27 bits per heavy atom. The van der Waals surface area contributed by atoms with Crippen LogP contribution in [0, 0.1) is 11.7 Å². The first-order valence-electron chi connectivity index (χ1n) is 6.07. The molecule has 10 heteroatoms. The Labute approximate surface area is 122 Å². The lowest BCUT2D eigenvalue weighted by molar-refractivity contribution is -0.137. The van der Waals surface area contributed by atoms with Gasteiger partial charge in [-0.2, -0.15) is 21.6 Å².